The second-order valence-electron chi connectivity index (χ2n) is 3.08. The van der Waals surface area contributed by atoms with Crippen LogP contribution >= 0.6 is 15.9 Å². The number of hydrogen-bond acceptors (Lipinski definition) is 2. The Hall–Kier alpha value is -0.380. The molecule has 0 radical (unpaired) electrons. The van der Waals surface area contributed by atoms with Crippen LogP contribution in [0.15, 0.2) is 30.3 Å². The van der Waals surface area contributed by atoms with Crippen molar-refractivity contribution in [2.45, 2.75) is 18.6 Å². The molecule has 0 saturated heterocycles. The minimum Gasteiger partial charge on any atom is -0.391 e. The fourth-order valence-corrected chi connectivity index (χ4v) is 1.62. The largest absolute Gasteiger partial charge is 0.391 e. The molecule has 0 bridgehead atoms. The minimum atomic E-state index is -0.472. The van der Waals surface area contributed by atoms with Gasteiger partial charge < -0.3 is 10.8 Å². The molecule has 2 atom stereocenters. The van der Waals surface area contributed by atoms with Crippen molar-refractivity contribution in [2.24, 2.45) is 5.73 Å². The third kappa shape index (κ3) is 3.46. The molecule has 0 aliphatic heterocycles. The first-order valence-electron chi connectivity index (χ1n) is 4.27. The van der Waals surface area contributed by atoms with Crippen molar-refractivity contribution in [3.63, 3.8) is 0 Å². The highest BCUT2D eigenvalue weighted by atomic mass is 79.9. The zero-order valence-electron chi connectivity index (χ0n) is 7.36. The Labute approximate surface area is 86.9 Å². The number of nitrogens with two attached hydrogens (primary N) is 1. The minimum absolute atomic E-state index is 0.193. The van der Waals surface area contributed by atoms with Crippen LogP contribution in [0.4, 0.5) is 0 Å². The average molecular weight is 244 g/mol. The maximum Gasteiger partial charge on any atom is 0.0790 e. The number of hydrogen-bond donors (Lipinski definition) is 2. The Balaban J connectivity index is 2.50. The zero-order valence-corrected chi connectivity index (χ0v) is 8.94. The molecule has 0 saturated carbocycles. The Morgan fingerprint density at radius 1 is 1.31 bits per heavy atom. The van der Waals surface area contributed by atoms with Crippen molar-refractivity contribution < 1.29 is 5.11 Å². The van der Waals surface area contributed by atoms with Gasteiger partial charge in [0.05, 0.1) is 6.10 Å². The smallest absolute Gasteiger partial charge is 0.0790 e. The van der Waals surface area contributed by atoms with Crippen molar-refractivity contribution in [3.8, 4) is 0 Å². The Bertz CT molecular complexity index is 240. The summed E-state index contributed by atoms with van der Waals surface area (Å²) in [6.45, 7) is 0. The van der Waals surface area contributed by atoms with E-state index in [0.29, 0.717) is 11.8 Å². The fourth-order valence-electron chi connectivity index (χ4n) is 1.14. The second kappa shape index (κ2) is 5.37. The van der Waals surface area contributed by atoms with Crippen LogP contribution in [0.25, 0.3) is 0 Å². The van der Waals surface area contributed by atoms with Gasteiger partial charge in [-0.25, -0.2) is 0 Å². The van der Waals surface area contributed by atoms with Crippen LogP contribution in [-0.4, -0.2) is 22.6 Å². The maximum atomic E-state index is 9.42. The van der Waals surface area contributed by atoms with Gasteiger partial charge in [0.1, 0.15) is 0 Å². The van der Waals surface area contributed by atoms with E-state index in [1.807, 2.05) is 30.3 Å². The van der Waals surface area contributed by atoms with Crippen molar-refractivity contribution in [2.75, 3.05) is 5.33 Å². The molecule has 72 valence electrons. The van der Waals surface area contributed by atoms with Crippen LogP contribution in [0.3, 0.4) is 0 Å². The van der Waals surface area contributed by atoms with E-state index < -0.39 is 6.10 Å². The van der Waals surface area contributed by atoms with Gasteiger partial charge in [0.2, 0.25) is 0 Å². The summed E-state index contributed by atoms with van der Waals surface area (Å²) in [7, 11) is 0. The van der Waals surface area contributed by atoms with Crippen molar-refractivity contribution in [3.05, 3.63) is 35.9 Å². The molecule has 0 aliphatic carbocycles. The molecule has 0 fully saturated rings. The standard InChI is InChI=1S/C10H14BrNO/c11-7-10(13)9(12)6-8-4-2-1-3-5-8/h1-5,9-10,13H,6-7,12H2. The van der Waals surface area contributed by atoms with Gasteiger partial charge in [-0.1, -0.05) is 46.3 Å². The number of benzene rings is 1. The number of alkyl halides is 1. The molecule has 2 nitrogen and oxygen atoms in total. The molecule has 0 amide bonds. The zero-order chi connectivity index (χ0) is 9.68. The average Bonchev–Trinajstić information content (AvgIpc) is 2.18. The number of aliphatic hydroxyl groups is 1. The van der Waals surface area contributed by atoms with Crippen LogP contribution in [0.2, 0.25) is 0 Å². The highest BCUT2D eigenvalue weighted by Crippen LogP contribution is 2.05. The van der Waals surface area contributed by atoms with E-state index >= 15 is 0 Å². The summed E-state index contributed by atoms with van der Waals surface area (Å²) in [5.74, 6) is 0. The summed E-state index contributed by atoms with van der Waals surface area (Å²) in [6, 6.07) is 9.75. The molecule has 0 aliphatic rings. The molecule has 1 aromatic rings. The van der Waals surface area contributed by atoms with E-state index in [0.717, 1.165) is 5.56 Å². The van der Waals surface area contributed by atoms with E-state index in [1.54, 1.807) is 0 Å². The molecule has 0 spiro atoms. The van der Waals surface area contributed by atoms with Gasteiger partial charge in [-0.3, -0.25) is 0 Å². The number of halogens is 1. The van der Waals surface area contributed by atoms with Crippen LogP contribution in [0, 0.1) is 0 Å². The van der Waals surface area contributed by atoms with Gasteiger partial charge in [0, 0.05) is 11.4 Å². The van der Waals surface area contributed by atoms with E-state index in [1.165, 1.54) is 0 Å². The molecule has 1 rings (SSSR count). The monoisotopic (exact) mass is 243 g/mol. The first kappa shape index (κ1) is 10.7. The van der Waals surface area contributed by atoms with Crippen LogP contribution in [0.5, 0.6) is 0 Å². The Kier molecular flexibility index (Phi) is 4.42. The summed E-state index contributed by atoms with van der Waals surface area (Å²) in [6.07, 6.45) is 0.244. The molecule has 1 aromatic carbocycles. The first-order valence-corrected chi connectivity index (χ1v) is 5.39. The van der Waals surface area contributed by atoms with Gasteiger partial charge in [0.25, 0.3) is 0 Å². The second-order valence-corrected chi connectivity index (χ2v) is 3.72. The molecular formula is C10H14BrNO. The summed E-state index contributed by atoms with van der Waals surface area (Å²) >= 11 is 3.20. The SMILES string of the molecule is NC(Cc1ccccc1)C(O)CBr. The van der Waals surface area contributed by atoms with Gasteiger partial charge in [-0.15, -0.1) is 0 Å². The van der Waals surface area contributed by atoms with E-state index in [2.05, 4.69) is 15.9 Å². The Morgan fingerprint density at radius 3 is 2.46 bits per heavy atom. The fraction of sp³-hybridized carbons (Fsp3) is 0.400. The summed E-state index contributed by atoms with van der Waals surface area (Å²) < 4.78 is 0. The number of rotatable bonds is 4. The van der Waals surface area contributed by atoms with Gasteiger partial charge in [-0.05, 0) is 12.0 Å². The van der Waals surface area contributed by atoms with Crippen molar-refractivity contribution >= 4 is 15.9 Å². The van der Waals surface area contributed by atoms with E-state index in [-0.39, 0.29) is 6.04 Å². The predicted octanol–water partition coefficient (Wildman–Crippen LogP) is 1.31. The lowest BCUT2D eigenvalue weighted by atomic mass is 10.0. The predicted molar refractivity (Wildman–Crippen MR) is 57.9 cm³/mol. The van der Waals surface area contributed by atoms with Crippen molar-refractivity contribution in [1.82, 2.24) is 0 Å². The normalized spacial score (nSPS) is 15.3. The molecule has 3 heteroatoms. The highest BCUT2D eigenvalue weighted by Gasteiger charge is 2.13. The maximum absolute atomic E-state index is 9.42. The summed E-state index contributed by atoms with van der Waals surface area (Å²) in [5.41, 5.74) is 6.94. The molecule has 0 aromatic heterocycles. The van der Waals surface area contributed by atoms with Crippen molar-refractivity contribution in [1.29, 1.82) is 0 Å². The number of aliphatic hydroxyl groups excluding tert-OH is 1. The first-order chi connectivity index (χ1) is 6.24. The van der Waals surface area contributed by atoms with Gasteiger partial charge in [-0.2, -0.15) is 0 Å². The van der Waals surface area contributed by atoms with Crippen LogP contribution in [-0.2, 0) is 6.42 Å². The quantitative estimate of drug-likeness (QED) is 0.784. The third-order valence-corrected chi connectivity index (χ3v) is 2.63. The summed E-state index contributed by atoms with van der Waals surface area (Å²) in [5, 5.41) is 9.94. The van der Waals surface area contributed by atoms with Crippen LogP contribution < -0.4 is 5.73 Å². The summed E-state index contributed by atoms with van der Waals surface area (Å²) in [4.78, 5) is 0. The van der Waals surface area contributed by atoms with E-state index in [9.17, 15) is 5.11 Å². The molecule has 2 unspecified atom stereocenters. The third-order valence-electron chi connectivity index (χ3n) is 1.97. The lowest BCUT2D eigenvalue weighted by molar-refractivity contribution is 0.169. The topological polar surface area (TPSA) is 46.2 Å². The van der Waals surface area contributed by atoms with Crippen LogP contribution in [0.1, 0.15) is 5.56 Å². The van der Waals surface area contributed by atoms with E-state index in [4.69, 9.17) is 5.73 Å². The molecule has 0 heterocycles. The van der Waals surface area contributed by atoms with Gasteiger partial charge >= 0.3 is 0 Å². The molecule has 3 N–H and O–H groups in total. The Morgan fingerprint density at radius 2 is 1.92 bits per heavy atom. The lowest BCUT2D eigenvalue weighted by Gasteiger charge is -2.16. The molecule has 13 heavy (non-hydrogen) atoms. The highest BCUT2D eigenvalue weighted by molar-refractivity contribution is 9.09. The molecular weight excluding hydrogens is 230 g/mol. The lowest BCUT2D eigenvalue weighted by Crippen LogP contribution is -2.37. The van der Waals surface area contributed by atoms with Gasteiger partial charge in [0.15, 0.2) is 0 Å².